The van der Waals surface area contributed by atoms with Crippen LogP contribution in [-0.2, 0) is 14.3 Å². The van der Waals surface area contributed by atoms with Crippen molar-refractivity contribution < 1.29 is 23.9 Å². The van der Waals surface area contributed by atoms with Crippen molar-refractivity contribution in [2.45, 2.75) is 36.8 Å². The van der Waals surface area contributed by atoms with Gasteiger partial charge in [0.1, 0.15) is 5.03 Å². The molecule has 1 atom stereocenters. The lowest BCUT2D eigenvalue weighted by atomic mass is 10.1. The highest BCUT2D eigenvalue weighted by Gasteiger charge is 2.23. The minimum Gasteiger partial charge on any atom is -0.453 e. The minimum atomic E-state index is -1.17. The summed E-state index contributed by atoms with van der Waals surface area (Å²) >= 11 is 1.33. The molecule has 1 aromatic heterocycles. The van der Waals surface area contributed by atoms with Crippen molar-refractivity contribution in [3.8, 4) is 0 Å². The number of hydrogen-bond donors (Lipinski definition) is 1. The van der Waals surface area contributed by atoms with Gasteiger partial charge in [0.05, 0.1) is 12.7 Å². The number of methoxy groups -OCH3 is 1. The van der Waals surface area contributed by atoms with Crippen LogP contribution < -0.4 is 5.32 Å². The zero-order valence-electron chi connectivity index (χ0n) is 15.4. The van der Waals surface area contributed by atoms with Crippen LogP contribution in [0.1, 0.15) is 28.4 Å². The molecule has 2 rings (SSSR count). The van der Waals surface area contributed by atoms with Gasteiger partial charge in [0.2, 0.25) is 0 Å². The molecule has 27 heavy (non-hydrogen) atoms. The minimum absolute atomic E-state index is 0.235. The number of pyridine rings is 1. The molecule has 0 aliphatic carbocycles. The van der Waals surface area contributed by atoms with Gasteiger partial charge in [-0.15, -0.1) is 0 Å². The van der Waals surface area contributed by atoms with E-state index < -0.39 is 24.1 Å². The number of ether oxygens (including phenoxy) is 2. The number of nitrogens with one attached hydrogen (secondary N) is 1. The molecule has 0 aliphatic rings. The Morgan fingerprint density at radius 2 is 1.89 bits per heavy atom. The molecule has 0 saturated heterocycles. The van der Waals surface area contributed by atoms with Gasteiger partial charge in [-0.05, 0) is 56.2 Å². The van der Waals surface area contributed by atoms with Crippen LogP contribution >= 0.6 is 11.8 Å². The van der Waals surface area contributed by atoms with Gasteiger partial charge in [0.25, 0.3) is 5.91 Å². The van der Waals surface area contributed by atoms with Crippen molar-refractivity contribution in [3.63, 3.8) is 0 Å². The van der Waals surface area contributed by atoms with E-state index in [0.717, 1.165) is 17.6 Å². The van der Waals surface area contributed by atoms with Crippen LogP contribution in [0.3, 0.4) is 0 Å². The number of rotatable bonds is 5. The normalized spacial score (nSPS) is 11.4. The first-order valence-corrected chi connectivity index (χ1v) is 8.93. The average molecular weight is 388 g/mol. The largest absolute Gasteiger partial charge is 0.453 e. The first-order chi connectivity index (χ1) is 12.8. The Hall–Kier alpha value is -2.87. The van der Waals surface area contributed by atoms with Crippen LogP contribution in [0, 0.1) is 13.8 Å². The molecule has 1 N–H and O–H groups in total. The molecule has 8 heteroatoms. The quantitative estimate of drug-likeness (QED) is 0.786. The van der Waals surface area contributed by atoms with Gasteiger partial charge in [0.15, 0.2) is 6.10 Å². The molecule has 0 bridgehead atoms. The fourth-order valence-electron chi connectivity index (χ4n) is 2.05. The monoisotopic (exact) mass is 388 g/mol. The van der Waals surface area contributed by atoms with E-state index in [1.807, 2.05) is 37.4 Å². The van der Waals surface area contributed by atoms with Crippen molar-refractivity contribution in [2.75, 3.05) is 7.11 Å². The topological polar surface area (TPSA) is 94.6 Å². The summed E-state index contributed by atoms with van der Waals surface area (Å²) in [5.74, 6) is -1.48. The second kappa shape index (κ2) is 9.18. The molecule has 0 fully saturated rings. The first kappa shape index (κ1) is 20.4. The maximum atomic E-state index is 12.5. The molecule has 0 spiro atoms. The third kappa shape index (κ3) is 5.55. The van der Waals surface area contributed by atoms with Crippen molar-refractivity contribution in [1.82, 2.24) is 10.3 Å². The fourth-order valence-corrected chi connectivity index (χ4v) is 3.02. The molecule has 0 radical (unpaired) electrons. The van der Waals surface area contributed by atoms with Gasteiger partial charge < -0.3 is 9.47 Å². The molecule has 142 valence electrons. The fraction of sp³-hybridized carbons (Fsp3) is 0.263. The van der Waals surface area contributed by atoms with Crippen molar-refractivity contribution in [1.29, 1.82) is 0 Å². The summed E-state index contributed by atoms with van der Waals surface area (Å²) in [5, 5.41) is 2.42. The highest BCUT2D eigenvalue weighted by molar-refractivity contribution is 7.99. The average Bonchev–Trinajstić information content (AvgIpc) is 2.64. The van der Waals surface area contributed by atoms with Crippen LogP contribution in [0.2, 0.25) is 0 Å². The van der Waals surface area contributed by atoms with E-state index in [0.29, 0.717) is 5.03 Å². The Kier molecular flexibility index (Phi) is 6.95. The Labute approximate surface area is 161 Å². The Bertz CT molecular complexity index is 869. The maximum absolute atomic E-state index is 12.5. The number of esters is 1. The summed E-state index contributed by atoms with van der Waals surface area (Å²) in [6, 6.07) is 9.14. The van der Waals surface area contributed by atoms with Gasteiger partial charge in [-0.25, -0.2) is 14.6 Å². The van der Waals surface area contributed by atoms with Gasteiger partial charge in [-0.1, -0.05) is 17.8 Å². The molecular weight excluding hydrogens is 368 g/mol. The van der Waals surface area contributed by atoms with Crippen LogP contribution in [0.25, 0.3) is 0 Å². The number of benzene rings is 1. The number of carbonyl (C=O) groups excluding carboxylic acids is 3. The summed E-state index contributed by atoms with van der Waals surface area (Å²) in [6.07, 6.45) is -0.514. The lowest BCUT2D eigenvalue weighted by Gasteiger charge is -2.14. The molecular formula is C19H20N2O5S. The number of carbonyl (C=O) groups is 3. The van der Waals surface area contributed by atoms with E-state index >= 15 is 0 Å². The van der Waals surface area contributed by atoms with Gasteiger partial charge >= 0.3 is 12.1 Å². The summed E-state index contributed by atoms with van der Waals surface area (Å²) in [7, 11) is 1.13. The van der Waals surface area contributed by atoms with E-state index in [2.05, 4.69) is 9.72 Å². The number of aromatic nitrogens is 1. The summed E-state index contributed by atoms with van der Waals surface area (Å²) < 4.78 is 9.49. The zero-order chi connectivity index (χ0) is 20.0. The van der Waals surface area contributed by atoms with Crippen LogP contribution in [0.5, 0.6) is 0 Å². The Morgan fingerprint density at radius 1 is 1.15 bits per heavy atom. The number of hydrogen-bond acceptors (Lipinski definition) is 7. The molecule has 2 amide bonds. The van der Waals surface area contributed by atoms with E-state index in [1.165, 1.54) is 24.2 Å². The highest BCUT2D eigenvalue weighted by atomic mass is 32.2. The van der Waals surface area contributed by atoms with Gasteiger partial charge in [0, 0.05) is 11.1 Å². The van der Waals surface area contributed by atoms with Gasteiger partial charge in [-0.2, -0.15) is 0 Å². The molecule has 2 aromatic rings. The van der Waals surface area contributed by atoms with E-state index in [4.69, 9.17) is 4.74 Å². The van der Waals surface area contributed by atoms with Crippen molar-refractivity contribution in [2.24, 2.45) is 0 Å². The maximum Gasteiger partial charge on any atom is 0.413 e. The Morgan fingerprint density at radius 3 is 2.56 bits per heavy atom. The summed E-state index contributed by atoms with van der Waals surface area (Å²) in [4.78, 5) is 40.6. The summed E-state index contributed by atoms with van der Waals surface area (Å²) in [6.45, 7) is 5.39. The lowest BCUT2D eigenvalue weighted by Crippen LogP contribution is -2.39. The van der Waals surface area contributed by atoms with Crippen LogP contribution in [-0.4, -0.2) is 36.2 Å². The molecule has 0 saturated carbocycles. The van der Waals surface area contributed by atoms with E-state index in [-0.39, 0.29) is 5.56 Å². The lowest BCUT2D eigenvalue weighted by molar-refractivity contribution is -0.128. The molecule has 1 aromatic carbocycles. The third-order valence-electron chi connectivity index (χ3n) is 3.75. The van der Waals surface area contributed by atoms with Gasteiger partial charge in [-0.3, -0.25) is 10.1 Å². The molecule has 7 nitrogen and oxygen atoms in total. The second-order valence-electron chi connectivity index (χ2n) is 5.73. The molecule has 0 aliphatic heterocycles. The summed E-state index contributed by atoms with van der Waals surface area (Å²) in [5.41, 5.74) is 2.54. The van der Waals surface area contributed by atoms with E-state index in [9.17, 15) is 14.4 Å². The van der Waals surface area contributed by atoms with Crippen molar-refractivity contribution >= 4 is 29.7 Å². The second-order valence-corrected chi connectivity index (χ2v) is 6.79. The van der Waals surface area contributed by atoms with E-state index in [1.54, 1.807) is 18.3 Å². The standard InChI is InChI=1S/C19H20N2O5S/c1-11-7-8-14(10-12(11)2)27-17-15(6-5-9-20-17)18(23)26-13(3)16(22)21-19(24)25-4/h5-10,13H,1-4H3,(H,21,22,24)/t13-/m1/s1. The zero-order valence-corrected chi connectivity index (χ0v) is 16.3. The predicted molar refractivity (Wildman–Crippen MR) is 99.7 cm³/mol. The SMILES string of the molecule is COC(=O)NC(=O)[C@@H](C)OC(=O)c1cccnc1Sc1ccc(C)c(C)c1. The number of imide groups is 1. The number of amides is 2. The van der Waals surface area contributed by atoms with Crippen LogP contribution in [0.15, 0.2) is 46.5 Å². The van der Waals surface area contributed by atoms with Crippen molar-refractivity contribution in [3.05, 3.63) is 53.2 Å². The predicted octanol–water partition coefficient (Wildman–Crippen LogP) is 3.28. The number of alkyl carbamates (subject to hydrolysis) is 1. The Balaban J connectivity index is 2.14. The highest BCUT2D eigenvalue weighted by Crippen LogP contribution is 2.30. The third-order valence-corrected chi connectivity index (χ3v) is 4.76. The molecule has 1 heterocycles. The number of nitrogens with zero attached hydrogens (tertiary/aromatic N) is 1. The number of aryl methyl sites for hydroxylation is 2. The first-order valence-electron chi connectivity index (χ1n) is 8.11. The smallest absolute Gasteiger partial charge is 0.413 e. The van der Waals surface area contributed by atoms with Crippen LogP contribution in [0.4, 0.5) is 4.79 Å². The molecule has 0 unspecified atom stereocenters.